The number of halogens is 1. The van der Waals surface area contributed by atoms with Crippen molar-refractivity contribution in [2.24, 2.45) is 0 Å². The molecule has 0 saturated carbocycles. The Balaban J connectivity index is 2.19. The molecule has 1 aliphatic rings. The number of methoxy groups -OCH3 is 2. The molecule has 1 aromatic carbocycles. The second-order valence-electron chi connectivity index (χ2n) is 6.74. The fourth-order valence-corrected chi connectivity index (χ4v) is 3.72. The molecular weight excluding hydrogens is 428 g/mol. The Kier molecular flexibility index (Phi) is 6.16. The number of rotatable bonds is 5. The van der Waals surface area contributed by atoms with E-state index in [4.69, 9.17) is 25.5 Å². The lowest BCUT2D eigenvalue weighted by Gasteiger charge is -2.28. The van der Waals surface area contributed by atoms with E-state index < -0.39 is 22.8 Å². The van der Waals surface area contributed by atoms with Crippen molar-refractivity contribution in [1.29, 1.82) is 0 Å². The van der Waals surface area contributed by atoms with E-state index in [0.29, 0.717) is 11.4 Å². The Hall–Kier alpha value is -3.59. The smallest absolute Gasteiger partial charge is 0.336 e. The molecule has 10 heteroatoms. The normalized spacial score (nSPS) is 14.4. The van der Waals surface area contributed by atoms with E-state index in [1.54, 1.807) is 19.9 Å². The van der Waals surface area contributed by atoms with Gasteiger partial charge in [-0.2, -0.15) is 0 Å². The number of dihydropyridines is 1. The molecule has 3 rings (SSSR count). The first-order valence-corrected chi connectivity index (χ1v) is 9.46. The lowest BCUT2D eigenvalue weighted by atomic mass is 9.83. The first kappa shape index (κ1) is 22.1. The van der Waals surface area contributed by atoms with Crippen molar-refractivity contribution in [2.45, 2.75) is 19.8 Å². The molecule has 1 N–H and O–H groups in total. The summed E-state index contributed by atoms with van der Waals surface area (Å²) in [6.45, 7) is 3.34. The molecule has 0 bridgehead atoms. The summed E-state index contributed by atoms with van der Waals surface area (Å²) in [5.41, 5.74) is 1.27. The summed E-state index contributed by atoms with van der Waals surface area (Å²) in [6.07, 6.45) is 0. The molecule has 1 aliphatic heterocycles. The fraction of sp³-hybridized carbons (Fsp3) is 0.238. The Morgan fingerprint density at radius 3 is 2.16 bits per heavy atom. The summed E-state index contributed by atoms with van der Waals surface area (Å²) >= 11 is 5.89. The predicted molar refractivity (Wildman–Crippen MR) is 111 cm³/mol. The number of carbonyl (C=O) groups is 2. The summed E-state index contributed by atoms with van der Waals surface area (Å²) in [7, 11) is 2.46. The van der Waals surface area contributed by atoms with Crippen molar-refractivity contribution >= 4 is 29.2 Å². The SMILES string of the molecule is COC(=O)C1=C(C)NC(C)=C(C(=O)OC)C1c1ccc(-c2ccc(Cl)cc2[N+](=O)[O-])o1. The van der Waals surface area contributed by atoms with Crippen molar-refractivity contribution in [3.05, 3.63) is 73.8 Å². The van der Waals surface area contributed by atoms with Gasteiger partial charge in [0.05, 0.1) is 41.8 Å². The Morgan fingerprint density at radius 2 is 1.65 bits per heavy atom. The molecule has 162 valence electrons. The van der Waals surface area contributed by atoms with Crippen molar-refractivity contribution in [3.63, 3.8) is 0 Å². The number of benzene rings is 1. The van der Waals surface area contributed by atoms with Crippen LogP contribution in [0.1, 0.15) is 25.5 Å². The maximum absolute atomic E-state index is 12.5. The average Bonchev–Trinajstić information content (AvgIpc) is 3.21. The van der Waals surface area contributed by atoms with Crippen molar-refractivity contribution in [1.82, 2.24) is 5.32 Å². The summed E-state index contributed by atoms with van der Waals surface area (Å²) < 4.78 is 15.7. The average molecular weight is 447 g/mol. The van der Waals surface area contributed by atoms with Gasteiger partial charge in [-0.1, -0.05) is 11.6 Å². The van der Waals surface area contributed by atoms with Crippen LogP contribution in [0.2, 0.25) is 5.02 Å². The Labute approximate surface area is 182 Å². The van der Waals surface area contributed by atoms with Crippen LogP contribution >= 0.6 is 11.6 Å². The molecule has 9 nitrogen and oxygen atoms in total. The standard InChI is InChI=1S/C21H19ClN2O7/c1-10-17(20(25)29-3)19(18(11(2)23-10)21(26)30-4)16-8-7-15(31-16)13-6-5-12(22)9-14(13)24(27)28/h5-9,19,23H,1-4H3. The van der Waals surface area contributed by atoms with E-state index in [0.717, 1.165) is 0 Å². The molecule has 1 aromatic heterocycles. The number of esters is 2. The highest BCUT2D eigenvalue weighted by atomic mass is 35.5. The predicted octanol–water partition coefficient (Wildman–Crippen LogP) is 4.09. The van der Waals surface area contributed by atoms with Crippen LogP contribution in [0.3, 0.4) is 0 Å². The number of allylic oxidation sites excluding steroid dienone is 2. The number of furan rings is 1. The number of ether oxygens (including phenoxy) is 2. The number of nitro groups is 1. The molecule has 0 radical (unpaired) electrons. The van der Waals surface area contributed by atoms with E-state index in [1.165, 1.54) is 38.5 Å². The number of nitrogens with one attached hydrogen (secondary N) is 1. The third-order valence-electron chi connectivity index (χ3n) is 4.90. The van der Waals surface area contributed by atoms with Crippen molar-refractivity contribution in [2.75, 3.05) is 14.2 Å². The highest BCUT2D eigenvalue weighted by molar-refractivity contribution is 6.30. The molecule has 2 aromatic rings. The summed E-state index contributed by atoms with van der Waals surface area (Å²) in [6, 6.07) is 7.27. The van der Waals surface area contributed by atoms with Crippen molar-refractivity contribution < 1.29 is 28.4 Å². The number of hydrogen-bond donors (Lipinski definition) is 1. The highest BCUT2D eigenvalue weighted by Gasteiger charge is 2.39. The fourth-order valence-electron chi connectivity index (χ4n) is 3.56. The zero-order valence-corrected chi connectivity index (χ0v) is 17.9. The summed E-state index contributed by atoms with van der Waals surface area (Å²) in [5.74, 6) is -1.83. The lowest BCUT2D eigenvalue weighted by Crippen LogP contribution is -2.31. The third kappa shape index (κ3) is 4.04. The first-order valence-electron chi connectivity index (χ1n) is 9.08. The number of hydrogen-bond acceptors (Lipinski definition) is 8. The first-order chi connectivity index (χ1) is 14.7. The molecule has 0 saturated heterocycles. The minimum atomic E-state index is -0.929. The van der Waals surface area contributed by atoms with Gasteiger partial charge in [0.2, 0.25) is 0 Å². The van der Waals surface area contributed by atoms with Gasteiger partial charge in [0.25, 0.3) is 5.69 Å². The number of nitro benzene ring substituents is 1. The van der Waals surface area contributed by atoms with E-state index in [9.17, 15) is 19.7 Å². The number of nitrogens with zero attached hydrogens (tertiary/aromatic N) is 1. The summed E-state index contributed by atoms with van der Waals surface area (Å²) in [5, 5.41) is 14.7. The summed E-state index contributed by atoms with van der Waals surface area (Å²) in [4.78, 5) is 36.0. The molecule has 0 aliphatic carbocycles. The topological polar surface area (TPSA) is 121 Å². The van der Waals surface area contributed by atoms with Gasteiger partial charge < -0.3 is 19.2 Å². The van der Waals surface area contributed by atoms with Crippen LogP contribution < -0.4 is 5.32 Å². The third-order valence-corrected chi connectivity index (χ3v) is 5.14. The van der Waals surface area contributed by atoms with Gasteiger partial charge >= 0.3 is 11.9 Å². The molecule has 0 spiro atoms. The van der Waals surface area contributed by atoms with Gasteiger partial charge in [0.1, 0.15) is 11.5 Å². The van der Waals surface area contributed by atoms with Gasteiger partial charge in [0, 0.05) is 22.5 Å². The monoisotopic (exact) mass is 446 g/mol. The highest BCUT2D eigenvalue weighted by Crippen LogP contribution is 2.42. The van der Waals surface area contributed by atoms with Crippen LogP contribution in [-0.2, 0) is 19.1 Å². The van der Waals surface area contributed by atoms with Crippen LogP contribution in [0.5, 0.6) is 0 Å². The van der Waals surface area contributed by atoms with Gasteiger partial charge in [-0.25, -0.2) is 9.59 Å². The van der Waals surface area contributed by atoms with Crippen LogP contribution in [0.4, 0.5) is 5.69 Å². The molecular formula is C21H19ClN2O7. The molecule has 2 heterocycles. The van der Waals surface area contributed by atoms with E-state index in [2.05, 4.69) is 5.32 Å². The zero-order chi connectivity index (χ0) is 22.9. The van der Waals surface area contributed by atoms with E-state index >= 15 is 0 Å². The minimum absolute atomic E-state index is 0.167. The molecule has 31 heavy (non-hydrogen) atoms. The zero-order valence-electron chi connectivity index (χ0n) is 17.1. The molecule has 0 atom stereocenters. The van der Waals surface area contributed by atoms with Gasteiger partial charge in [-0.05, 0) is 38.1 Å². The maximum atomic E-state index is 12.5. The Morgan fingerprint density at radius 1 is 1.06 bits per heavy atom. The van der Waals surface area contributed by atoms with Crippen LogP contribution in [0.25, 0.3) is 11.3 Å². The van der Waals surface area contributed by atoms with Crippen LogP contribution in [0.15, 0.2) is 57.3 Å². The lowest BCUT2D eigenvalue weighted by molar-refractivity contribution is -0.384. The molecule has 0 fully saturated rings. The van der Waals surface area contributed by atoms with Gasteiger partial charge in [0.15, 0.2) is 0 Å². The second kappa shape index (κ2) is 8.65. The van der Waals surface area contributed by atoms with E-state index in [-0.39, 0.29) is 38.9 Å². The number of carbonyl (C=O) groups excluding carboxylic acids is 2. The Bertz CT molecular complexity index is 1110. The van der Waals surface area contributed by atoms with Gasteiger partial charge in [-0.15, -0.1) is 0 Å². The molecule has 0 unspecified atom stereocenters. The van der Waals surface area contributed by atoms with Crippen molar-refractivity contribution in [3.8, 4) is 11.3 Å². The molecule has 0 amide bonds. The van der Waals surface area contributed by atoms with Gasteiger partial charge in [-0.3, -0.25) is 10.1 Å². The maximum Gasteiger partial charge on any atom is 0.336 e. The van der Waals surface area contributed by atoms with E-state index in [1.807, 2.05) is 0 Å². The quantitative estimate of drug-likeness (QED) is 0.414. The second-order valence-corrected chi connectivity index (χ2v) is 7.18. The van der Waals surface area contributed by atoms with Crippen LogP contribution in [-0.4, -0.2) is 31.1 Å². The minimum Gasteiger partial charge on any atom is -0.466 e. The largest absolute Gasteiger partial charge is 0.466 e. The van der Waals surface area contributed by atoms with Crippen LogP contribution in [0, 0.1) is 10.1 Å².